The molecule has 18 rings (SSSR count). The van der Waals surface area contributed by atoms with Gasteiger partial charge in [-0.05, 0) is 181 Å². The number of pyridine rings is 2. The Bertz CT molecular complexity index is 5080. The zero-order chi connectivity index (χ0) is 58.6. The summed E-state index contributed by atoms with van der Waals surface area (Å²) >= 11 is 0. The molecule has 0 atom stereocenters. The van der Waals surface area contributed by atoms with Crippen LogP contribution in [0.4, 0.5) is 0 Å². The predicted octanol–water partition coefficient (Wildman–Crippen LogP) is 19.8. The Kier molecular flexibility index (Phi) is 9.93. The van der Waals surface area contributed by atoms with E-state index in [4.69, 9.17) is 0 Å². The average Bonchev–Trinajstić information content (AvgIpc) is 1.55. The zero-order valence-electron chi connectivity index (χ0n) is 49.4. The fourth-order valence-electron chi connectivity index (χ4n) is 16.9. The molecule has 0 radical (unpaired) electrons. The van der Waals surface area contributed by atoms with Crippen LogP contribution in [0.3, 0.4) is 0 Å². The van der Waals surface area contributed by atoms with Crippen molar-refractivity contribution in [2.24, 2.45) is 0 Å². The lowest BCUT2D eigenvalue weighted by Crippen LogP contribution is -2.27. The Morgan fingerprint density at radius 1 is 0.287 bits per heavy atom. The highest BCUT2D eigenvalue weighted by Crippen LogP contribution is 2.67. The standard InChI is InChI=1S/C84H59NO2/c1-81(2,3)49-40-42-73-63(46-49)79(86)65-44-48(45-66-78(65)85(73)74-43-41-50(82(4,5)6)47-64(74)80(66)87)75-57(61-32-20-30-59-55-26-11-17-38-71(55)83(76(59)61)67-34-13-7-22-51(67)52-23-8-14-35-68(52)83)28-19-29-58(75)62-33-21-31-60-56-27-12-18-39-72(56)84(77(60)62)69-36-15-9-24-53(69)54-25-10-16-37-70(54)84/h7-47H,1-6H3. The molecule has 2 aromatic heterocycles. The van der Waals surface area contributed by atoms with Gasteiger partial charge in [0.25, 0.3) is 0 Å². The number of nitrogens with zero attached hydrogens (tertiary/aromatic N) is 1. The van der Waals surface area contributed by atoms with Crippen LogP contribution in [0.5, 0.6) is 0 Å². The molecule has 0 fully saturated rings. The summed E-state index contributed by atoms with van der Waals surface area (Å²) in [6.45, 7) is 13.2. The Morgan fingerprint density at radius 3 is 0.885 bits per heavy atom. The van der Waals surface area contributed by atoms with Crippen molar-refractivity contribution in [3.8, 4) is 77.9 Å². The molecule has 12 aromatic carbocycles. The van der Waals surface area contributed by atoms with Crippen LogP contribution in [0.1, 0.15) is 97.2 Å². The van der Waals surface area contributed by atoms with E-state index in [9.17, 15) is 0 Å². The predicted molar refractivity (Wildman–Crippen MR) is 360 cm³/mol. The summed E-state index contributed by atoms with van der Waals surface area (Å²) in [4.78, 5) is 32.3. The maximum Gasteiger partial charge on any atom is 0.197 e. The lowest BCUT2D eigenvalue weighted by Gasteiger charge is -2.33. The van der Waals surface area contributed by atoms with Gasteiger partial charge in [-0.2, -0.15) is 0 Å². The van der Waals surface area contributed by atoms with Gasteiger partial charge in [-0.15, -0.1) is 0 Å². The molecule has 2 spiro atoms. The summed E-state index contributed by atoms with van der Waals surface area (Å²) in [7, 11) is 0. The fraction of sp³-hybridized carbons (Fsp3) is 0.119. The first-order chi connectivity index (χ1) is 42.3. The molecule has 0 saturated carbocycles. The van der Waals surface area contributed by atoms with E-state index in [2.05, 4.69) is 295 Å². The Balaban J connectivity index is 1.03. The topological polar surface area (TPSA) is 38.5 Å². The number of fused-ring (bicyclic) bond motifs is 24. The van der Waals surface area contributed by atoms with Crippen LogP contribution in [0.2, 0.25) is 0 Å². The lowest BCUT2D eigenvalue weighted by molar-refractivity contribution is 0.591. The summed E-state index contributed by atoms with van der Waals surface area (Å²) < 4.78 is 2.22. The molecule has 4 aliphatic rings. The van der Waals surface area contributed by atoms with Crippen LogP contribution < -0.4 is 10.9 Å². The van der Waals surface area contributed by atoms with E-state index < -0.39 is 10.8 Å². The molecule has 0 amide bonds. The van der Waals surface area contributed by atoms with Gasteiger partial charge in [0.05, 0.1) is 27.4 Å². The molecular weight excluding hydrogens is 1050 g/mol. The third kappa shape index (κ3) is 6.31. The van der Waals surface area contributed by atoms with Gasteiger partial charge >= 0.3 is 0 Å². The van der Waals surface area contributed by atoms with E-state index in [1.54, 1.807) is 0 Å². The summed E-state index contributed by atoms with van der Waals surface area (Å²) in [6, 6.07) is 91.8. The number of hydrogen-bond acceptors (Lipinski definition) is 2. The third-order valence-electron chi connectivity index (χ3n) is 20.5. The van der Waals surface area contributed by atoms with Crippen LogP contribution in [0.15, 0.2) is 258 Å². The van der Waals surface area contributed by atoms with Crippen molar-refractivity contribution in [3.63, 3.8) is 0 Å². The molecule has 14 aromatic rings. The molecule has 0 bridgehead atoms. The van der Waals surface area contributed by atoms with Crippen LogP contribution in [-0.4, -0.2) is 4.40 Å². The van der Waals surface area contributed by atoms with Crippen molar-refractivity contribution >= 4 is 38.1 Å². The number of rotatable bonds is 3. The monoisotopic (exact) mass is 1110 g/mol. The molecule has 4 aliphatic carbocycles. The minimum Gasteiger partial charge on any atom is -0.308 e. The number of benzene rings is 12. The quantitative estimate of drug-likeness (QED) is 0.131. The van der Waals surface area contributed by atoms with Gasteiger partial charge < -0.3 is 4.40 Å². The number of aromatic nitrogens is 1. The van der Waals surface area contributed by atoms with E-state index >= 15 is 9.59 Å². The minimum atomic E-state index is -0.669. The molecule has 3 heteroatoms. The minimum absolute atomic E-state index is 0.0876. The van der Waals surface area contributed by atoms with E-state index in [1.165, 1.54) is 89.0 Å². The summed E-state index contributed by atoms with van der Waals surface area (Å²) in [6.07, 6.45) is 0. The first-order valence-corrected chi connectivity index (χ1v) is 30.7. The molecule has 3 nitrogen and oxygen atoms in total. The van der Waals surface area contributed by atoms with E-state index in [0.717, 1.165) is 55.5 Å². The van der Waals surface area contributed by atoms with Crippen LogP contribution in [0, 0.1) is 0 Å². The van der Waals surface area contributed by atoms with Gasteiger partial charge in [0.2, 0.25) is 0 Å². The third-order valence-corrected chi connectivity index (χ3v) is 20.5. The van der Waals surface area contributed by atoms with E-state index in [1.807, 2.05) is 0 Å². The van der Waals surface area contributed by atoms with Crippen molar-refractivity contribution in [2.45, 2.75) is 63.2 Å². The molecule has 0 N–H and O–H groups in total. The Labute approximate surface area is 505 Å². The summed E-state index contributed by atoms with van der Waals surface area (Å²) in [5.41, 5.74) is 28.2. The lowest BCUT2D eigenvalue weighted by atomic mass is 9.67. The summed E-state index contributed by atoms with van der Waals surface area (Å²) in [5, 5.41) is 2.29. The van der Waals surface area contributed by atoms with Crippen LogP contribution in [-0.2, 0) is 21.7 Å². The highest BCUT2D eigenvalue weighted by molar-refractivity contribution is 6.13. The highest BCUT2D eigenvalue weighted by atomic mass is 16.1. The molecule has 0 aliphatic heterocycles. The van der Waals surface area contributed by atoms with Crippen molar-refractivity contribution < 1.29 is 0 Å². The highest BCUT2D eigenvalue weighted by Gasteiger charge is 2.55. The first-order valence-electron chi connectivity index (χ1n) is 30.7. The van der Waals surface area contributed by atoms with Gasteiger partial charge in [0, 0.05) is 21.5 Å². The largest absolute Gasteiger partial charge is 0.308 e. The molecule has 0 saturated heterocycles. The fourth-order valence-corrected chi connectivity index (χ4v) is 16.9. The first kappa shape index (κ1) is 50.1. The second-order valence-electron chi connectivity index (χ2n) is 26.8. The van der Waals surface area contributed by atoms with Gasteiger partial charge in [0.15, 0.2) is 10.9 Å². The van der Waals surface area contributed by atoms with Gasteiger partial charge in [0.1, 0.15) is 0 Å². The maximum atomic E-state index is 16.2. The molecule has 2 heterocycles. The second-order valence-corrected chi connectivity index (χ2v) is 26.8. The number of hydrogen-bond donors (Lipinski definition) is 0. The normalized spacial score (nSPS) is 14.4. The molecule has 0 unspecified atom stereocenters. The molecule has 87 heavy (non-hydrogen) atoms. The maximum absolute atomic E-state index is 16.2. The molecule has 412 valence electrons. The smallest absolute Gasteiger partial charge is 0.197 e. The average molecular weight is 1110 g/mol. The van der Waals surface area contributed by atoms with Crippen LogP contribution in [0.25, 0.3) is 116 Å². The molecular formula is C84H59NO2. The summed E-state index contributed by atoms with van der Waals surface area (Å²) in [5.74, 6) is 0. The van der Waals surface area contributed by atoms with E-state index in [-0.39, 0.29) is 21.7 Å². The van der Waals surface area contributed by atoms with Gasteiger partial charge in [-0.1, -0.05) is 254 Å². The van der Waals surface area contributed by atoms with Crippen molar-refractivity contribution in [1.29, 1.82) is 0 Å². The van der Waals surface area contributed by atoms with Crippen molar-refractivity contribution in [2.75, 3.05) is 0 Å². The van der Waals surface area contributed by atoms with Crippen LogP contribution >= 0.6 is 0 Å². The van der Waals surface area contributed by atoms with E-state index in [0.29, 0.717) is 27.1 Å². The Morgan fingerprint density at radius 2 is 0.563 bits per heavy atom. The van der Waals surface area contributed by atoms with Crippen molar-refractivity contribution in [3.05, 3.63) is 325 Å². The van der Waals surface area contributed by atoms with Gasteiger partial charge in [-0.3, -0.25) is 9.59 Å². The zero-order valence-corrected chi connectivity index (χ0v) is 49.4. The van der Waals surface area contributed by atoms with Gasteiger partial charge in [-0.25, -0.2) is 0 Å². The second kappa shape index (κ2) is 17.2. The SMILES string of the molecule is CC(C)(C)c1ccc2c(c1)c(=O)c1cc(-c3c(-c4cccc5c4C4(c6ccccc6-c6ccccc64)c4ccccc4-5)cccc3-c3cccc4c3C3(c5ccccc5-c5ccccc53)c3ccccc3-4)cc3c(=O)c4cc(C(C)(C)C)ccc4n2c13. The Hall–Kier alpha value is -10.2. The van der Waals surface area contributed by atoms with Crippen molar-refractivity contribution in [1.82, 2.24) is 4.40 Å².